The van der Waals surface area contributed by atoms with Crippen molar-refractivity contribution in [3.05, 3.63) is 50.6 Å². The molecule has 7 heteroatoms. The highest BCUT2D eigenvalue weighted by atomic mass is 79.9. The third kappa shape index (κ3) is 3.25. The van der Waals surface area contributed by atoms with Gasteiger partial charge in [0.1, 0.15) is 0 Å². The lowest BCUT2D eigenvalue weighted by Gasteiger charge is -2.22. The maximum absolute atomic E-state index is 12.9. The Morgan fingerprint density at radius 3 is 2.76 bits per heavy atom. The highest BCUT2D eigenvalue weighted by Gasteiger charge is 2.50. The molecule has 0 fully saturated rings. The van der Waals surface area contributed by atoms with Gasteiger partial charge < -0.3 is 10.0 Å². The number of aliphatic hydroxyl groups is 1. The summed E-state index contributed by atoms with van der Waals surface area (Å²) in [6.45, 7) is 0.338. The average molecular weight is 419 g/mol. The van der Waals surface area contributed by atoms with Crippen molar-refractivity contribution in [1.82, 2.24) is 0 Å². The van der Waals surface area contributed by atoms with Gasteiger partial charge in [-0.15, -0.1) is 11.3 Å². The second-order valence-electron chi connectivity index (χ2n) is 5.80. The van der Waals surface area contributed by atoms with Gasteiger partial charge in [0.05, 0.1) is 26.8 Å². The molecule has 2 aromatic rings. The molecule has 0 saturated carbocycles. The molecule has 1 amide bonds. The Labute approximate surface area is 157 Å². The molecule has 0 unspecified atom stereocenters. The molecule has 0 saturated heterocycles. The van der Waals surface area contributed by atoms with Crippen LogP contribution in [-0.2, 0) is 10.4 Å². The van der Waals surface area contributed by atoms with Gasteiger partial charge in [0.25, 0.3) is 5.91 Å². The molecule has 0 radical (unpaired) electrons. The third-order valence-electron chi connectivity index (χ3n) is 4.17. The van der Waals surface area contributed by atoms with Crippen molar-refractivity contribution in [3.63, 3.8) is 0 Å². The van der Waals surface area contributed by atoms with E-state index in [2.05, 4.69) is 15.9 Å². The van der Waals surface area contributed by atoms with Gasteiger partial charge in [0.15, 0.2) is 11.4 Å². The van der Waals surface area contributed by atoms with E-state index in [4.69, 9.17) is 5.26 Å². The zero-order valence-corrected chi connectivity index (χ0v) is 15.6. The minimum absolute atomic E-state index is 0.278. The molecular formula is C18H15BrN2O3S. The van der Waals surface area contributed by atoms with Gasteiger partial charge in [-0.1, -0.05) is 18.2 Å². The first kappa shape index (κ1) is 17.8. The average Bonchev–Trinajstić information content (AvgIpc) is 3.12. The lowest BCUT2D eigenvalue weighted by Crippen LogP contribution is -2.42. The Morgan fingerprint density at radius 2 is 2.08 bits per heavy atom. The predicted octanol–water partition coefficient (Wildman–Crippen LogP) is 3.62. The lowest BCUT2D eigenvalue weighted by molar-refractivity contribution is -0.135. The minimum Gasteiger partial charge on any atom is -0.375 e. The highest BCUT2D eigenvalue weighted by molar-refractivity contribution is 9.11. The van der Waals surface area contributed by atoms with E-state index in [9.17, 15) is 14.7 Å². The summed E-state index contributed by atoms with van der Waals surface area (Å²) in [4.78, 5) is 27.4. The van der Waals surface area contributed by atoms with Crippen molar-refractivity contribution in [2.24, 2.45) is 0 Å². The zero-order valence-electron chi connectivity index (χ0n) is 13.2. The number of thiophene rings is 1. The number of nitrogens with zero attached hydrogens (tertiary/aromatic N) is 2. The highest BCUT2D eigenvalue weighted by Crippen LogP contribution is 2.43. The van der Waals surface area contributed by atoms with Gasteiger partial charge >= 0.3 is 0 Å². The Hall–Kier alpha value is -2.01. The van der Waals surface area contributed by atoms with Crippen molar-refractivity contribution in [3.8, 4) is 6.07 Å². The number of hydrogen-bond acceptors (Lipinski definition) is 5. The summed E-state index contributed by atoms with van der Waals surface area (Å²) in [6, 6.07) is 12.4. The van der Waals surface area contributed by atoms with E-state index in [1.807, 2.05) is 6.07 Å². The van der Waals surface area contributed by atoms with Crippen LogP contribution >= 0.6 is 27.3 Å². The fourth-order valence-electron chi connectivity index (χ4n) is 3.00. The molecular weight excluding hydrogens is 404 g/mol. The van der Waals surface area contributed by atoms with Crippen LogP contribution in [0, 0.1) is 11.3 Å². The molecule has 0 spiro atoms. The van der Waals surface area contributed by atoms with E-state index in [1.165, 1.54) is 16.2 Å². The molecule has 1 aromatic heterocycles. The Bertz CT molecular complexity index is 873. The Morgan fingerprint density at radius 1 is 1.32 bits per heavy atom. The first-order valence-electron chi connectivity index (χ1n) is 7.76. The van der Waals surface area contributed by atoms with Crippen LogP contribution in [-0.4, -0.2) is 23.3 Å². The van der Waals surface area contributed by atoms with Crippen LogP contribution in [0.1, 0.15) is 34.5 Å². The second kappa shape index (κ2) is 7.08. The second-order valence-corrected chi connectivity index (χ2v) is 8.26. The van der Waals surface area contributed by atoms with Crippen molar-refractivity contribution in [1.29, 1.82) is 5.26 Å². The normalized spacial score (nSPS) is 18.9. The molecule has 1 aliphatic rings. The number of carbonyl (C=O) groups is 2. The first-order valence-corrected chi connectivity index (χ1v) is 9.37. The largest absolute Gasteiger partial charge is 0.375 e. The molecule has 128 valence electrons. The minimum atomic E-state index is -1.86. The maximum atomic E-state index is 12.9. The lowest BCUT2D eigenvalue weighted by atomic mass is 9.89. The van der Waals surface area contributed by atoms with Crippen molar-refractivity contribution in [2.75, 3.05) is 11.4 Å². The third-order valence-corrected chi connectivity index (χ3v) is 5.84. The number of carbonyl (C=O) groups excluding carboxylic acids is 2. The number of benzene rings is 1. The number of hydrogen-bond donors (Lipinski definition) is 1. The molecule has 2 heterocycles. The quantitative estimate of drug-likeness (QED) is 0.573. The van der Waals surface area contributed by atoms with Gasteiger partial charge in [0, 0.05) is 18.5 Å². The van der Waals surface area contributed by atoms with Crippen molar-refractivity contribution >= 4 is 44.6 Å². The number of halogens is 1. The van der Waals surface area contributed by atoms with Crippen LogP contribution in [0.15, 0.2) is 40.2 Å². The van der Waals surface area contributed by atoms with Crippen LogP contribution < -0.4 is 4.90 Å². The van der Waals surface area contributed by atoms with Gasteiger partial charge in [-0.2, -0.15) is 5.26 Å². The maximum Gasteiger partial charge on any atom is 0.264 e. The van der Waals surface area contributed by atoms with E-state index in [0.29, 0.717) is 35.5 Å². The molecule has 5 nitrogen and oxygen atoms in total. The summed E-state index contributed by atoms with van der Waals surface area (Å²) in [6.07, 6.45) is 0.537. The number of nitriles is 1. The topological polar surface area (TPSA) is 81.4 Å². The first-order chi connectivity index (χ1) is 12.0. The van der Waals surface area contributed by atoms with E-state index in [-0.39, 0.29) is 12.2 Å². The van der Waals surface area contributed by atoms with Gasteiger partial charge in [-0.05, 0) is 40.5 Å². The van der Waals surface area contributed by atoms with Crippen LogP contribution in [0.5, 0.6) is 0 Å². The molecule has 1 N–H and O–H groups in total. The van der Waals surface area contributed by atoms with Crippen molar-refractivity contribution < 1.29 is 14.7 Å². The molecule has 0 bridgehead atoms. The van der Waals surface area contributed by atoms with E-state index >= 15 is 0 Å². The summed E-state index contributed by atoms with van der Waals surface area (Å²) < 4.78 is 0.819. The van der Waals surface area contributed by atoms with E-state index in [1.54, 1.807) is 36.4 Å². The molecule has 1 atom stereocenters. The fourth-order valence-corrected chi connectivity index (χ4v) is 4.32. The fraction of sp³-hybridized carbons (Fsp3) is 0.278. The number of Topliss-reactive ketones (excluding diaryl/α,β-unsaturated/α-hetero) is 1. The molecule has 3 rings (SSSR count). The standard InChI is InChI=1S/C18H15BrN2O3S/c19-16-8-7-15(25-16)14(22)11-18(24)12-5-1-2-6-13(12)21(17(18)23)10-4-3-9-20/h1-2,5-8,24H,3-4,10-11H2/t18-/m1/s1. The van der Waals surface area contributed by atoms with E-state index < -0.39 is 11.5 Å². The van der Waals surface area contributed by atoms with E-state index in [0.717, 1.165) is 3.79 Å². The van der Waals surface area contributed by atoms with Gasteiger partial charge in [0.2, 0.25) is 0 Å². The Balaban J connectivity index is 1.91. The van der Waals surface area contributed by atoms with Crippen molar-refractivity contribution in [2.45, 2.75) is 24.9 Å². The molecule has 1 aromatic carbocycles. The number of anilines is 1. The summed E-state index contributed by atoms with van der Waals surface area (Å²) in [5.41, 5.74) is -0.814. The monoisotopic (exact) mass is 418 g/mol. The SMILES string of the molecule is N#CCCCN1C(=O)[C@@](O)(CC(=O)c2ccc(Br)s2)c2ccccc21. The van der Waals surface area contributed by atoms with Crippen LogP contribution in [0.3, 0.4) is 0 Å². The van der Waals surface area contributed by atoms with Crippen LogP contribution in [0.25, 0.3) is 0 Å². The molecule has 25 heavy (non-hydrogen) atoms. The number of unbranched alkanes of at least 4 members (excludes halogenated alkanes) is 1. The Kier molecular flexibility index (Phi) is 5.04. The van der Waals surface area contributed by atoms with Crippen LogP contribution in [0.4, 0.5) is 5.69 Å². The molecule has 1 aliphatic heterocycles. The smallest absolute Gasteiger partial charge is 0.264 e. The molecule has 0 aliphatic carbocycles. The van der Waals surface area contributed by atoms with Gasteiger partial charge in [-0.3, -0.25) is 9.59 Å². The summed E-state index contributed by atoms with van der Waals surface area (Å²) in [7, 11) is 0. The summed E-state index contributed by atoms with van der Waals surface area (Å²) in [5, 5.41) is 19.8. The predicted molar refractivity (Wildman–Crippen MR) is 98.5 cm³/mol. The summed E-state index contributed by atoms with van der Waals surface area (Å²) >= 11 is 4.58. The number of amides is 1. The number of para-hydroxylation sites is 1. The van der Waals surface area contributed by atoms with Gasteiger partial charge in [-0.25, -0.2) is 0 Å². The van der Waals surface area contributed by atoms with Crippen LogP contribution in [0.2, 0.25) is 0 Å². The summed E-state index contributed by atoms with van der Waals surface area (Å²) in [5.74, 6) is -0.782. The number of fused-ring (bicyclic) bond motifs is 1. The zero-order chi connectivity index (χ0) is 18.0. The number of ketones is 1. The number of rotatable bonds is 6.